The number of hydrogen-bond acceptors (Lipinski definition) is 9. The molecule has 2 aromatic heterocycles. The number of benzene rings is 2. The van der Waals surface area contributed by atoms with Crippen molar-refractivity contribution in [3.63, 3.8) is 0 Å². The Morgan fingerprint density at radius 2 is 1.82 bits per heavy atom. The third-order valence-electron chi connectivity index (χ3n) is 4.73. The summed E-state index contributed by atoms with van der Waals surface area (Å²) in [5.74, 6) is 1.62. The van der Waals surface area contributed by atoms with Crippen molar-refractivity contribution < 1.29 is 13.5 Å². The number of hydrogen-bond donors (Lipinski definition) is 4. The minimum atomic E-state index is -3.26. The molecule has 0 aliphatic heterocycles. The van der Waals surface area contributed by atoms with E-state index in [4.69, 9.17) is 10.8 Å². The second-order valence-electron chi connectivity index (χ2n) is 7.57. The maximum atomic E-state index is 11.7. The molecule has 4 aromatic rings. The van der Waals surface area contributed by atoms with Gasteiger partial charge in [-0.15, -0.1) is 0 Å². The van der Waals surface area contributed by atoms with Gasteiger partial charge >= 0.3 is 0 Å². The highest BCUT2D eigenvalue weighted by molar-refractivity contribution is 7.90. The van der Waals surface area contributed by atoms with Crippen LogP contribution in [0, 0.1) is 13.8 Å². The first-order valence-electron chi connectivity index (χ1n) is 10.4. The number of nitrogens with two attached hydrogens (primary N) is 1. The minimum absolute atomic E-state index is 0.237. The second-order valence-corrected chi connectivity index (χ2v) is 9.56. The maximum absolute atomic E-state index is 11.7. The van der Waals surface area contributed by atoms with Crippen LogP contribution >= 0.6 is 0 Å². The Labute approximate surface area is 198 Å². The topological polar surface area (TPSA) is 160 Å². The van der Waals surface area contributed by atoms with Gasteiger partial charge in [0.1, 0.15) is 11.6 Å². The number of anilines is 3. The number of rotatable bonds is 6. The van der Waals surface area contributed by atoms with Gasteiger partial charge in [-0.3, -0.25) is 5.10 Å². The second kappa shape index (κ2) is 10.9. The lowest BCUT2D eigenvalue weighted by atomic mass is 10.2. The van der Waals surface area contributed by atoms with Crippen molar-refractivity contribution in [1.29, 1.82) is 0 Å². The van der Waals surface area contributed by atoms with E-state index in [1.165, 1.54) is 18.0 Å². The summed E-state index contributed by atoms with van der Waals surface area (Å²) in [5.41, 5.74) is 8.97. The first-order chi connectivity index (χ1) is 16.2. The highest BCUT2D eigenvalue weighted by Crippen LogP contribution is 2.24. The van der Waals surface area contributed by atoms with Crippen LogP contribution in [-0.4, -0.2) is 51.5 Å². The average molecular weight is 482 g/mol. The highest BCUT2D eigenvalue weighted by atomic mass is 32.2. The number of nitrogens with zero attached hydrogens (tertiary/aromatic N) is 4. The molecule has 0 saturated carbocycles. The molecule has 0 aliphatic carbocycles. The number of aromatic nitrogens is 5. The van der Waals surface area contributed by atoms with Crippen LogP contribution in [0.15, 0.2) is 59.6 Å². The molecule has 2 aromatic carbocycles. The van der Waals surface area contributed by atoms with Crippen LogP contribution in [0.1, 0.15) is 17.0 Å². The molecule has 0 spiro atoms. The fourth-order valence-corrected chi connectivity index (χ4v) is 4.10. The molecule has 0 radical (unpaired) electrons. The predicted molar refractivity (Wildman–Crippen MR) is 131 cm³/mol. The zero-order valence-electron chi connectivity index (χ0n) is 19.1. The van der Waals surface area contributed by atoms with Crippen LogP contribution in [0.4, 0.5) is 17.5 Å². The van der Waals surface area contributed by atoms with Crippen LogP contribution < -0.4 is 11.1 Å². The fourth-order valence-electron chi connectivity index (χ4n) is 3.14. The lowest BCUT2D eigenvalue weighted by Gasteiger charge is -2.09. The SMILES string of the molecule is Cc1nc(-c2cnc(Nc3ccc(S(C)(=O)=O)c(C)c3)nc2N)n[nH]1.OCCc1ccccc1. The molecule has 34 heavy (non-hydrogen) atoms. The Morgan fingerprint density at radius 3 is 2.38 bits per heavy atom. The number of nitrogen functional groups attached to an aromatic ring is 1. The van der Waals surface area contributed by atoms with Crippen molar-refractivity contribution in [3.8, 4) is 11.4 Å². The molecule has 0 saturated heterocycles. The van der Waals surface area contributed by atoms with Gasteiger partial charge in [0.05, 0.1) is 10.5 Å². The van der Waals surface area contributed by atoms with Crippen LogP contribution in [0.3, 0.4) is 0 Å². The Bertz CT molecular complexity index is 1360. The van der Waals surface area contributed by atoms with E-state index in [9.17, 15) is 8.42 Å². The molecule has 5 N–H and O–H groups in total. The van der Waals surface area contributed by atoms with Crippen LogP contribution in [0.5, 0.6) is 0 Å². The number of H-pyrrole nitrogens is 1. The van der Waals surface area contributed by atoms with Gasteiger partial charge in [0, 0.05) is 24.7 Å². The summed E-state index contributed by atoms with van der Waals surface area (Å²) in [4.78, 5) is 12.9. The van der Waals surface area contributed by atoms with Crippen LogP contribution in [0.25, 0.3) is 11.4 Å². The molecular formula is C23H27N7O3S. The monoisotopic (exact) mass is 481 g/mol. The molecule has 11 heteroatoms. The number of aromatic amines is 1. The molecule has 0 bridgehead atoms. The maximum Gasteiger partial charge on any atom is 0.229 e. The van der Waals surface area contributed by atoms with Gasteiger partial charge in [-0.1, -0.05) is 30.3 Å². The van der Waals surface area contributed by atoms with E-state index in [0.29, 0.717) is 34.4 Å². The van der Waals surface area contributed by atoms with E-state index >= 15 is 0 Å². The van der Waals surface area contributed by atoms with E-state index in [1.807, 2.05) is 30.3 Å². The Morgan fingerprint density at radius 1 is 1.09 bits per heavy atom. The smallest absolute Gasteiger partial charge is 0.229 e. The van der Waals surface area contributed by atoms with Gasteiger partial charge in [-0.05, 0) is 49.6 Å². The van der Waals surface area contributed by atoms with Crippen molar-refractivity contribution >= 4 is 27.3 Å². The molecule has 178 valence electrons. The summed E-state index contributed by atoms with van der Waals surface area (Å²) >= 11 is 0. The number of nitrogens with one attached hydrogen (secondary N) is 2. The van der Waals surface area contributed by atoms with E-state index in [0.717, 1.165) is 6.42 Å². The first-order valence-corrected chi connectivity index (χ1v) is 12.3. The van der Waals surface area contributed by atoms with Crippen molar-refractivity contribution in [3.05, 3.63) is 71.7 Å². The summed E-state index contributed by atoms with van der Waals surface area (Å²) in [7, 11) is -3.26. The van der Waals surface area contributed by atoms with Gasteiger partial charge in [0.15, 0.2) is 15.7 Å². The summed E-state index contributed by atoms with van der Waals surface area (Å²) in [6.07, 6.45) is 3.47. The molecule has 0 aliphatic rings. The van der Waals surface area contributed by atoms with Gasteiger partial charge in [0.2, 0.25) is 5.95 Å². The average Bonchev–Trinajstić information content (AvgIpc) is 3.20. The van der Waals surface area contributed by atoms with Crippen molar-refractivity contribution in [2.75, 3.05) is 23.9 Å². The van der Waals surface area contributed by atoms with Crippen molar-refractivity contribution in [2.45, 2.75) is 25.2 Å². The molecular weight excluding hydrogens is 454 g/mol. The van der Waals surface area contributed by atoms with E-state index in [1.54, 1.807) is 32.0 Å². The molecule has 4 rings (SSSR count). The van der Waals surface area contributed by atoms with Crippen molar-refractivity contribution in [2.24, 2.45) is 0 Å². The number of aliphatic hydroxyl groups excluding tert-OH is 1. The predicted octanol–water partition coefficient (Wildman–Crippen LogP) is 2.83. The number of aliphatic hydroxyl groups is 1. The van der Waals surface area contributed by atoms with E-state index in [-0.39, 0.29) is 17.3 Å². The highest BCUT2D eigenvalue weighted by Gasteiger charge is 2.13. The standard InChI is InChI=1S/C15H17N7O2S.C8H10O/c1-8-6-10(4-5-12(8)25(3,23)24)19-15-17-7-11(13(16)20-15)14-18-9(2)21-22-14;9-7-6-8-4-2-1-3-5-8/h4-7H,1-3H3,(H,18,21,22)(H3,16,17,19,20);1-5,9H,6-7H2. The summed E-state index contributed by atoms with van der Waals surface area (Å²) in [6, 6.07) is 14.8. The van der Waals surface area contributed by atoms with Gasteiger partial charge in [-0.2, -0.15) is 10.1 Å². The Balaban J connectivity index is 0.000000302. The van der Waals surface area contributed by atoms with Crippen LogP contribution in [0.2, 0.25) is 0 Å². The van der Waals surface area contributed by atoms with Crippen molar-refractivity contribution in [1.82, 2.24) is 25.1 Å². The van der Waals surface area contributed by atoms with Gasteiger partial charge < -0.3 is 16.2 Å². The van der Waals surface area contributed by atoms with Gasteiger partial charge in [0.25, 0.3) is 0 Å². The molecule has 0 amide bonds. The molecule has 0 unspecified atom stereocenters. The lowest BCUT2D eigenvalue weighted by Crippen LogP contribution is -2.04. The third-order valence-corrected chi connectivity index (χ3v) is 5.99. The molecule has 2 heterocycles. The zero-order chi connectivity index (χ0) is 24.7. The normalized spacial score (nSPS) is 10.9. The Kier molecular flexibility index (Phi) is 7.92. The van der Waals surface area contributed by atoms with E-state index in [2.05, 4.69) is 30.5 Å². The first kappa shape index (κ1) is 24.8. The fraction of sp³-hybridized carbons (Fsp3) is 0.217. The minimum Gasteiger partial charge on any atom is -0.396 e. The lowest BCUT2D eigenvalue weighted by molar-refractivity contribution is 0.299. The quantitative estimate of drug-likeness (QED) is 0.325. The number of aryl methyl sites for hydroxylation is 2. The largest absolute Gasteiger partial charge is 0.396 e. The molecule has 0 atom stereocenters. The summed E-state index contributed by atoms with van der Waals surface area (Å²) in [5, 5.41) is 18.3. The van der Waals surface area contributed by atoms with Gasteiger partial charge in [-0.25, -0.2) is 18.4 Å². The number of sulfone groups is 1. The van der Waals surface area contributed by atoms with E-state index < -0.39 is 9.84 Å². The molecule has 10 nitrogen and oxygen atoms in total. The summed E-state index contributed by atoms with van der Waals surface area (Å²) < 4.78 is 23.3. The third kappa shape index (κ3) is 6.59. The Hall–Kier alpha value is -3.83. The zero-order valence-corrected chi connectivity index (χ0v) is 20.0. The molecule has 0 fully saturated rings. The van der Waals surface area contributed by atoms with Crippen LogP contribution in [-0.2, 0) is 16.3 Å². The summed E-state index contributed by atoms with van der Waals surface area (Å²) in [6.45, 7) is 3.75.